The van der Waals surface area contributed by atoms with Gasteiger partial charge in [0.25, 0.3) is 0 Å². The Kier molecular flexibility index (Phi) is 4.78. The highest BCUT2D eigenvalue weighted by atomic mass is 16.5. The van der Waals surface area contributed by atoms with Gasteiger partial charge in [-0.2, -0.15) is 0 Å². The smallest absolute Gasteiger partial charge is 0.222 e. The number of carbonyl (C=O) groups excluding carboxylic acids is 1. The van der Waals surface area contributed by atoms with Crippen LogP contribution in [0.4, 0.5) is 0 Å². The van der Waals surface area contributed by atoms with E-state index in [1.807, 2.05) is 13.8 Å². The van der Waals surface area contributed by atoms with Crippen LogP contribution in [0.25, 0.3) is 0 Å². The van der Waals surface area contributed by atoms with Crippen LogP contribution in [0, 0.1) is 5.92 Å². The molecule has 0 spiro atoms. The molecule has 0 bridgehead atoms. The minimum absolute atomic E-state index is 0.0511. The van der Waals surface area contributed by atoms with E-state index >= 15 is 0 Å². The number of ether oxygens (including phenoxy) is 1. The zero-order valence-electron chi connectivity index (χ0n) is 12.6. The number of carbonyl (C=O) groups is 1. The highest BCUT2D eigenvalue weighted by Gasteiger charge is 2.45. The lowest BCUT2D eigenvalue weighted by Crippen LogP contribution is -2.46. The molecule has 1 saturated heterocycles. The Hall–Kier alpha value is -0.610. The molecule has 1 atom stereocenters. The van der Waals surface area contributed by atoms with E-state index in [-0.39, 0.29) is 23.0 Å². The zero-order valence-corrected chi connectivity index (χ0v) is 12.6. The minimum Gasteiger partial charge on any atom is -0.368 e. The van der Waals surface area contributed by atoms with Crippen molar-refractivity contribution in [2.24, 2.45) is 5.92 Å². The lowest BCUT2D eigenvalue weighted by molar-refractivity contribution is -0.123. The van der Waals surface area contributed by atoms with E-state index in [1.165, 1.54) is 0 Å². The van der Waals surface area contributed by atoms with Gasteiger partial charge in [0, 0.05) is 25.0 Å². The summed E-state index contributed by atoms with van der Waals surface area (Å²) in [6.07, 6.45) is 0.998. The molecule has 1 aliphatic rings. The minimum atomic E-state index is -0.147. The Labute approximate surface area is 111 Å². The van der Waals surface area contributed by atoms with Crippen LogP contribution in [0.2, 0.25) is 0 Å². The van der Waals surface area contributed by atoms with Crippen LogP contribution in [0.5, 0.6) is 0 Å². The van der Waals surface area contributed by atoms with Crippen molar-refractivity contribution in [1.82, 2.24) is 10.6 Å². The summed E-state index contributed by atoms with van der Waals surface area (Å²) in [7, 11) is 0. The van der Waals surface area contributed by atoms with E-state index in [4.69, 9.17) is 4.74 Å². The summed E-state index contributed by atoms with van der Waals surface area (Å²) in [4.78, 5) is 11.4. The van der Waals surface area contributed by atoms with E-state index in [1.54, 1.807) is 0 Å². The molecule has 4 heteroatoms. The molecule has 1 amide bonds. The molecule has 0 radical (unpaired) electrons. The summed E-state index contributed by atoms with van der Waals surface area (Å²) in [5.74, 6) is 0.161. The van der Waals surface area contributed by atoms with Gasteiger partial charge in [0.15, 0.2) is 0 Å². The third-order valence-electron chi connectivity index (χ3n) is 3.41. The van der Waals surface area contributed by atoms with Gasteiger partial charge in [-0.3, -0.25) is 4.79 Å². The molecule has 18 heavy (non-hydrogen) atoms. The molecule has 0 aliphatic carbocycles. The molecule has 1 unspecified atom stereocenters. The molecular formula is C14H28N2O2. The largest absolute Gasteiger partial charge is 0.368 e. The summed E-state index contributed by atoms with van der Waals surface area (Å²) in [6, 6.07) is 0.337. The molecule has 106 valence electrons. The van der Waals surface area contributed by atoms with E-state index in [2.05, 4.69) is 38.3 Å². The number of hydrogen-bond donors (Lipinski definition) is 2. The summed E-state index contributed by atoms with van der Waals surface area (Å²) in [5, 5.41) is 6.39. The summed E-state index contributed by atoms with van der Waals surface area (Å²) < 4.78 is 6.02. The number of nitrogens with one attached hydrogen (secondary N) is 2. The third-order valence-corrected chi connectivity index (χ3v) is 3.41. The Morgan fingerprint density at radius 3 is 2.33 bits per heavy atom. The first kappa shape index (κ1) is 15.4. The molecule has 1 fully saturated rings. The molecule has 1 rings (SSSR count). The SMILES string of the molecule is CC(C)C(=O)NCCNC1CC(C)(C)OC1(C)C. The number of rotatable bonds is 5. The van der Waals surface area contributed by atoms with E-state index in [0.717, 1.165) is 13.0 Å². The lowest BCUT2D eigenvalue weighted by Gasteiger charge is -2.28. The monoisotopic (exact) mass is 256 g/mol. The van der Waals surface area contributed by atoms with Gasteiger partial charge in [-0.25, -0.2) is 0 Å². The first-order chi connectivity index (χ1) is 8.14. The van der Waals surface area contributed by atoms with Gasteiger partial charge in [0.05, 0.1) is 11.2 Å². The van der Waals surface area contributed by atoms with Gasteiger partial charge >= 0.3 is 0 Å². The molecular weight excluding hydrogens is 228 g/mol. The molecule has 0 aromatic carbocycles. The Morgan fingerprint density at radius 2 is 1.89 bits per heavy atom. The summed E-state index contributed by atoms with van der Waals surface area (Å²) >= 11 is 0. The molecule has 1 heterocycles. The van der Waals surface area contributed by atoms with Crippen molar-refractivity contribution in [3.05, 3.63) is 0 Å². The highest BCUT2D eigenvalue weighted by molar-refractivity contribution is 5.77. The number of hydrogen-bond acceptors (Lipinski definition) is 3. The average molecular weight is 256 g/mol. The summed E-state index contributed by atoms with van der Waals surface area (Å²) in [6.45, 7) is 13.7. The van der Waals surface area contributed by atoms with Gasteiger partial charge in [-0.15, -0.1) is 0 Å². The molecule has 0 aromatic rings. The number of amides is 1. The second-order valence-corrected chi connectivity index (χ2v) is 6.62. The quantitative estimate of drug-likeness (QED) is 0.736. The van der Waals surface area contributed by atoms with Crippen molar-refractivity contribution < 1.29 is 9.53 Å². The Balaban J connectivity index is 2.30. The molecule has 4 nitrogen and oxygen atoms in total. The van der Waals surface area contributed by atoms with Gasteiger partial charge < -0.3 is 15.4 Å². The highest BCUT2D eigenvalue weighted by Crippen LogP contribution is 2.36. The fourth-order valence-electron chi connectivity index (χ4n) is 2.52. The van der Waals surface area contributed by atoms with Crippen molar-refractivity contribution in [2.45, 2.75) is 65.2 Å². The van der Waals surface area contributed by atoms with Crippen molar-refractivity contribution >= 4 is 5.91 Å². The predicted molar refractivity (Wildman–Crippen MR) is 73.5 cm³/mol. The topological polar surface area (TPSA) is 50.4 Å². The van der Waals surface area contributed by atoms with E-state index in [9.17, 15) is 4.79 Å². The normalized spacial score (nSPS) is 25.4. The third kappa shape index (κ3) is 4.25. The van der Waals surface area contributed by atoms with Crippen LogP contribution in [0.1, 0.15) is 48.0 Å². The van der Waals surface area contributed by atoms with Crippen molar-refractivity contribution in [1.29, 1.82) is 0 Å². The predicted octanol–water partition coefficient (Wildman–Crippen LogP) is 1.69. The van der Waals surface area contributed by atoms with E-state index in [0.29, 0.717) is 12.6 Å². The maximum absolute atomic E-state index is 11.4. The maximum Gasteiger partial charge on any atom is 0.222 e. The molecule has 0 saturated carbocycles. The van der Waals surface area contributed by atoms with Crippen LogP contribution < -0.4 is 10.6 Å². The average Bonchev–Trinajstić information content (AvgIpc) is 2.40. The summed E-state index contributed by atoms with van der Waals surface area (Å²) in [5.41, 5.74) is -0.214. The fraction of sp³-hybridized carbons (Fsp3) is 0.929. The van der Waals surface area contributed by atoms with Crippen LogP contribution in [-0.4, -0.2) is 36.2 Å². The maximum atomic E-state index is 11.4. The van der Waals surface area contributed by atoms with Gasteiger partial charge in [0.2, 0.25) is 5.91 Å². The molecule has 0 aromatic heterocycles. The fourth-order valence-corrected chi connectivity index (χ4v) is 2.52. The van der Waals surface area contributed by atoms with Crippen LogP contribution in [-0.2, 0) is 9.53 Å². The van der Waals surface area contributed by atoms with Crippen LogP contribution >= 0.6 is 0 Å². The van der Waals surface area contributed by atoms with Crippen molar-refractivity contribution in [3.8, 4) is 0 Å². The van der Waals surface area contributed by atoms with Crippen molar-refractivity contribution in [2.75, 3.05) is 13.1 Å². The van der Waals surface area contributed by atoms with Crippen LogP contribution in [0.15, 0.2) is 0 Å². The van der Waals surface area contributed by atoms with E-state index < -0.39 is 0 Å². The van der Waals surface area contributed by atoms with Crippen LogP contribution in [0.3, 0.4) is 0 Å². The lowest BCUT2D eigenvalue weighted by atomic mass is 9.94. The Morgan fingerprint density at radius 1 is 1.28 bits per heavy atom. The van der Waals surface area contributed by atoms with Crippen molar-refractivity contribution in [3.63, 3.8) is 0 Å². The zero-order chi connectivity index (χ0) is 14.0. The van der Waals surface area contributed by atoms with Gasteiger partial charge in [-0.05, 0) is 34.1 Å². The van der Waals surface area contributed by atoms with Gasteiger partial charge in [-0.1, -0.05) is 13.8 Å². The first-order valence-electron chi connectivity index (χ1n) is 6.85. The second-order valence-electron chi connectivity index (χ2n) is 6.62. The Bertz CT molecular complexity index is 298. The van der Waals surface area contributed by atoms with Gasteiger partial charge in [0.1, 0.15) is 0 Å². The molecule has 1 aliphatic heterocycles. The first-order valence-corrected chi connectivity index (χ1v) is 6.85. The molecule has 2 N–H and O–H groups in total. The second kappa shape index (κ2) is 5.57. The standard InChI is InChI=1S/C14H28N2O2/c1-10(2)12(17)16-8-7-15-11-9-13(3,4)18-14(11,5)6/h10-11,15H,7-9H2,1-6H3,(H,16,17).